The highest BCUT2D eigenvalue weighted by atomic mass is 79.9. The molecule has 0 unspecified atom stereocenters. The van der Waals surface area contributed by atoms with Gasteiger partial charge in [-0.05, 0) is 41.5 Å². The number of rotatable bonds is 5. The molecule has 0 aliphatic heterocycles. The average Bonchev–Trinajstić information content (AvgIpc) is 2.43. The Hall–Kier alpha value is -1.26. The first-order valence-corrected chi connectivity index (χ1v) is 7.26. The Morgan fingerprint density at radius 3 is 2.55 bits per heavy atom. The molecule has 0 atom stereocenters. The summed E-state index contributed by atoms with van der Waals surface area (Å²) in [7, 11) is 1.57. The molecule has 0 aliphatic carbocycles. The minimum Gasteiger partial charge on any atom is -0.493 e. The molecule has 0 bridgehead atoms. The summed E-state index contributed by atoms with van der Waals surface area (Å²) in [6.07, 6.45) is 0. The van der Waals surface area contributed by atoms with Crippen LogP contribution in [0.4, 0.5) is 4.39 Å². The molecule has 0 saturated heterocycles. The van der Waals surface area contributed by atoms with E-state index in [9.17, 15) is 4.39 Å². The molecule has 0 N–H and O–H groups in total. The molecule has 106 valence electrons. The Labute approximate surface area is 130 Å². The number of ether oxygens (including phenoxy) is 2. The van der Waals surface area contributed by atoms with Gasteiger partial charge in [0, 0.05) is 10.4 Å². The molecule has 0 aromatic heterocycles. The van der Waals surface area contributed by atoms with Gasteiger partial charge in [-0.15, -0.1) is 11.6 Å². The third-order valence-electron chi connectivity index (χ3n) is 2.70. The summed E-state index contributed by atoms with van der Waals surface area (Å²) >= 11 is 9.05. The number of alkyl halides is 1. The van der Waals surface area contributed by atoms with Crippen LogP contribution in [0.3, 0.4) is 0 Å². The molecule has 0 spiro atoms. The third kappa shape index (κ3) is 3.87. The minimum absolute atomic E-state index is 0.248. The standard InChI is InChI=1S/C15H13BrClFO2/c1-19-14-3-2-10(8-17)6-15(14)20-9-11-4-12(16)7-13(18)5-11/h2-7H,8-9H2,1H3. The molecule has 20 heavy (non-hydrogen) atoms. The Balaban J connectivity index is 2.17. The Morgan fingerprint density at radius 2 is 1.90 bits per heavy atom. The van der Waals surface area contributed by atoms with E-state index >= 15 is 0 Å². The monoisotopic (exact) mass is 358 g/mol. The zero-order valence-electron chi connectivity index (χ0n) is 10.8. The van der Waals surface area contributed by atoms with Crippen molar-refractivity contribution in [1.29, 1.82) is 0 Å². The quantitative estimate of drug-likeness (QED) is 0.706. The van der Waals surface area contributed by atoms with Gasteiger partial charge in [-0.3, -0.25) is 0 Å². The smallest absolute Gasteiger partial charge is 0.161 e. The van der Waals surface area contributed by atoms with Crippen molar-refractivity contribution in [3.63, 3.8) is 0 Å². The molecule has 2 aromatic rings. The second-order valence-corrected chi connectivity index (χ2v) is 5.37. The lowest BCUT2D eigenvalue weighted by molar-refractivity contribution is 0.284. The van der Waals surface area contributed by atoms with Gasteiger partial charge in [0.1, 0.15) is 12.4 Å². The molecule has 0 saturated carbocycles. The molecule has 2 rings (SSSR count). The molecule has 0 heterocycles. The molecule has 0 fully saturated rings. The van der Waals surface area contributed by atoms with Crippen LogP contribution in [0.15, 0.2) is 40.9 Å². The molecule has 5 heteroatoms. The van der Waals surface area contributed by atoms with Crippen molar-refractivity contribution in [1.82, 2.24) is 0 Å². The number of halogens is 3. The van der Waals surface area contributed by atoms with Crippen molar-refractivity contribution in [2.45, 2.75) is 12.5 Å². The first-order chi connectivity index (χ1) is 9.62. The molecule has 2 nitrogen and oxygen atoms in total. The zero-order chi connectivity index (χ0) is 14.5. The van der Waals surface area contributed by atoms with E-state index in [4.69, 9.17) is 21.1 Å². The highest BCUT2D eigenvalue weighted by molar-refractivity contribution is 9.10. The minimum atomic E-state index is -0.306. The number of benzene rings is 2. The van der Waals surface area contributed by atoms with Gasteiger partial charge in [0.15, 0.2) is 11.5 Å². The molecule has 0 amide bonds. The predicted octanol–water partition coefficient (Wildman–Crippen LogP) is 4.91. The average molecular weight is 360 g/mol. The molecule has 0 radical (unpaired) electrons. The highest BCUT2D eigenvalue weighted by Gasteiger charge is 2.07. The van der Waals surface area contributed by atoms with Gasteiger partial charge in [-0.2, -0.15) is 0 Å². The van der Waals surface area contributed by atoms with Crippen molar-refractivity contribution in [2.75, 3.05) is 7.11 Å². The fraction of sp³-hybridized carbons (Fsp3) is 0.200. The van der Waals surface area contributed by atoms with Crippen LogP contribution < -0.4 is 9.47 Å². The maximum absolute atomic E-state index is 13.3. The van der Waals surface area contributed by atoms with Crippen LogP contribution >= 0.6 is 27.5 Å². The molecular weight excluding hydrogens is 347 g/mol. The number of hydrogen-bond acceptors (Lipinski definition) is 2. The van der Waals surface area contributed by atoms with E-state index in [1.54, 1.807) is 19.2 Å². The van der Waals surface area contributed by atoms with E-state index in [1.807, 2.05) is 12.1 Å². The van der Waals surface area contributed by atoms with Gasteiger partial charge in [0.05, 0.1) is 7.11 Å². The van der Waals surface area contributed by atoms with Crippen LogP contribution in [-0.4, -0.2) is 7.11 Å². The van der Waals surface area contributed by atoms with Crippen molar-refractivity contribution in [2.24, 2.45) is 0 Å². The summed E-state index contributed by atoms with van der Waals surface area (Å²) < 4.78 is 24.9. The SMILES string of the molecule is COc1ccc(CCl)cc1OCc1cc(F)cc(Br)c1. The van der Waals surface area contributed by atoms with Crippen LogP contribution in [0.2, 0.25) is 0 Å². The van der Waals surface area contributed by atoms with E-state index < -0.39 is 0 Å². The largest absolute Gasteiger partial charge is 0.493 e. The first-order valence-electron chi connectivity index (χ1n) is 5.93. The van der Waals surface area contributed by atoms with Crippen molar-refractivity contribution < 1.29 is 13.9 Å². The lowest BCUT2D eigenvalue weighted by Crippen LogP contribution is -1.99. The van der Waals surface area contributed by atoms with E-state index in [1.165, 1.54) is 12.1 Å². The van der Waals surface area contributed by atoms with E-state index in [0.717, 1.165) is 11.1 Å². The van der Waals surface area contributed by atoms with Gasteiger partial charge >= 0.3 is 0 Å². The van der Waals surface area contributed by atoms with Crippen LogP contribution in [0, 0.1) is 5.82 Å². The van der Waals surface area contributed by atoms with Crippen LogP contribution in [0.1, 0.15) is 11.1 Å². The van der Waals surface area contributed by atoms with Crippen LogP contribution in [-0.2, 0) is 12.5 Å². The molecular formula is C15H13BrClFO2. The Kier molecular flexibility index (Phi) is 5.26. The zero-order valence-corrected chi connectivity index (χ0v) is 13.2. The van der Waals surface area contributed by atoms with Crippen LogP contribution in [0.25, 0.3) is 0 Å². The predicted molar refractivity (Wildman–Crippen MR) is 81.0 cm³/mol. The van der Waals surface area contributed by atoms with Gasteiger partial charge < -0.3 is 9.47 Å². The van der Waals surface area contributed by atoms with Crippen molar-refractivity contribution in [3.8, 4) is 11.5 Å². The second kappa shape index (κ2) is 6.95. The third-order valence-corrected chi connectivity index (χ3v) is 3.47. The molecule has 0 aliphatic rings. The van der Waals surface area contributed by atoms with E-state index in [-0.39, 0.29) is 12.4 Å². The highest BCUT2D eigenvalue weighted by Crippen LogP contribution is 2.29. The molecule has 2 aromatic carbocycles. The lowest BCUT2D eigenvalue weighted by Gasteiger charge is -2.12. The summed E-state index contributed by atoms with van der Waals surface area (Å²) in [5, 5.41) is 0. The van der Waals surface area contributed by atoms with Crippen LogP contribution in [0.5, 0.6) is 11.5 Å². The summed E-state index contributed by atoms with van der Waals surface area (Å²) in [5.41, 5.74) is 1.66. The Bertz CT molecular complexity index is 584. The fourth-order valence-corrected chi connectivity index (χ4v) is 2.45. The summed E-state index contributed by atoms with van der Waals surface area (Å²) in [5.74, 6) is 1.30. The summed E-state index contributed by atoms with van der Waals surface area (Å²) in [6, 6.07) is 10.1. The maximum atomic E-state index is 13.3. The second-order valence-electron chi connectivity index (χ2n) is 4.19. The van der Waals surface area contributed by atoms with Gasteiger partial charge in [0.2, 0.25) is 0 Å². The van der Waals surface area contributed by atoms with Gasteiger partial charge in [-0.25, -0.2) is 4.39 Å². The van der Waals surface area contributed by atoms with Gasteiger partial charge in [0.25, 0.3) is 0 Å². The maximum Gasteiger partial charge on any atom is 0.161 e. The van der Waals surface area contributed by atoms with E-state index in [2.05, 4.69) is 15.9 Å². The summed E-state index contributed by atoms with van der Waals surface area (Å²) in [4.78, 5) is 0. The normalized spacial score (nSPS) is 10.4. The lowest BCUT2D eigenvalue weighted by atomic mass is 10.2. The fourth-order valence-electron chi connectivity index (χ4n) is 1.77. The van der Waals surface area contributed by atoms with Gasteiger partial charge in [-0.1, -0.05) is 22.0 Å². The van der Waals surface area contributed by atoms with Crippen molar-refractivity contribution >= 4 is 27.5 Å². The topological polar surface area (TPSA) is 18.5 Å². The first kappa shape index (κ1) is 15.1. The summed E-state index contributed by atoms with van der Waals surface area (Å²) in [6.45, 7) is 0.248. The number of methoxy groups -OCH3 is 1. The van der Waals surface area contributed by atoms with E-state index in [0.29, 0.717) is 21.9 Å². The number of hydrogen-bond donors (Lipinski definition) is 0. The van der Waals surface area contributed by atoms with Crippen molar-refractivity contribution in [3.05, 3.63) is 57.8 Å². The Morgan fingerprint density at radius 1 is 1.10 bits per heavy atom.